The van der Waals surface area contributed by atoms with Crippen molar-refractivity contribution in [1.29, 1.82) is 0 Å². The van der Waals surface area contributed by atoms with Crippen molar-refractivity contribution >= 4 is 21.9 Å². The SMILES string of the molecule is COCc1cc(CO)c(C(=O)O)c(-c2ccc(Br)cc2)c1. The zero-order valence-corrected chi connectivity index (χ0v) is 13.1. The molecule has 0 atom stereocenters. The summed E-state index contributed by atoms with van der Waals surface area (Å²) in [5.41, 5.74) is 2.69. The number of benzene rings is 2. The highest BCUT2D eigenvalue weighted by atomic mass is 79.9. The maximum atomic E-state index is 11.6. The second-order valence-electron chi connectivity index (χ2n) is 4.58. The van der Waals surface area contributed by atoms with Crippen LogP contribution in [0.1, 0.15) is 21.5 Å². The Morgan fingerprint density at radius 1 is 1.24 bits per heavy atom. The number of carbonyl (C=O) groups is 1. The number of methoxy groups -OCH3 is 1. The smallest absolute Gasteiger partial charge is 0.336 e. The summed E-state index contributed by atoms with van der Waals surface area (Å²) in [7, 11) is 1.57. The minimum atomic E-state index is -1.05. The first-order chi connectivity index (χ1) is 10.1. The molecule has 0 bridgehead atoms. The molecule has 4 nitrogen and oxygen atoms in total. The second kappa shape index (κ2) is 6.85. The number of hydrogen-bond acceptors (Lipinski definition) is 3. The monoisotopic (exact) mass is 350 g/mol. The van der Waals surface area contributed by atoms with Crippen LogP contribution in [0.4, 0.5) is 0 Å². The molecule has 0 aliphatic carbocycles. The highest BCUT2D eigenvalue weighted by Gasteiger charge is 2.18. The highest BCUT2D eigenvalue weighted by Crippen LogP contribution is 2.30. The number of aliphatic hydroxyl groups excluding tert-OH is 1. The van der Waals surface area contributed by atoms with Crippen LogP contribution in [-0.4, -0.2) is 23.3 Å². The maximum Gasteiger partial charge on any atom is 0.336 e. The van der Waals surface area contributed by atoms with Crippen LogP contribution < -0.4 is 0 Å². The van der Waals surface area contributed by atoms with Crippen LogP contribution in [0.5, 0.6) is 0 Å². The minimum Gasteiger partial charge on any atom is -0.478 e. The van der Waals surface area contributed by atoms with Gasteiger partial charge in [-0.3, -0.25) is 0 Å². The summed E-state index contributed by atoms with van der Waals surface area (Å²) >= 11 is 3.36. The van der Waals surface area contributed by atoms with E-state index in [0.29, 0.717) is 17.7 Å². The summed E-state index contributed by atoms with van der Waals surface area (Å²) in [6, 6.07) is 10.8. The molecule has 2 aromatic carbocycles. The first kappa shape index (κ1) is 15.7. The summed E-state index contributed by atoms with van der Waals surface area (Å²) < 4.78 is 6.02. The lowest BCUT2D eigenvalue weighted by Crippen LogP contribution is -2.07. The first-order valence-corrected chi connectivity index (χ1v) is 7.11. The molecule has 0 aromatic heterocycles. The number of aliphatic hydroxyl groups is 1. The van der Waals surface area contributed by atoms with E-state index in [1.807, 2.05) is 24.3 Å². The predicted octanol–water partition coefficient (Wildman–Crippen LogP) is 3.45. The number of rotatable bonds is 5. The van der Waals surface area contributed by atoms with E-state index in [4.69, 9.17) is 4.74 Å². The molecule has 0 saturated carbocycles. The number of halogens is 1. The largest absolute Gasteiger partial charge is 0.478 e. The molecule has 0 radical (unpaired) electrons. The molecule has 0 spiro atoms. The van der Waals surface area contributed by atoms with Gasteiger partial charge < -0.3 is 14.9 Å². The summed E-state index contributed by atoms with van der Waals surface area (Å²) in [5, 5.41) is 18.9. The Labute approximate surface area is 131 Å². The van der Waals surface area contributed by atoms with E-state index in [9.17, 15) is 15.0 Å². The van der Waals surface area contributed by atoms with Gasteiger partial charge in [0, 0.05) is 11.6 Å². The molecular formula is C16H15BrO4. The summed E-state index contributed by atoms with van der Waals surface area (Å²) in [6.07, 6.45) is 0. The van der Waals surface area contributed by atoms with Gasteiger partial charge in [-0.05, 0) is 40.5 Å². The van der Waals surface area contributed by atoms with Gasteiger partial charge in [-0.15, -0.1) is 0 Å². The van der Waals surface area contributed by atoms with Gasteiger partial charge in [0.25, 0.3) is 0 Å². The molecular weight excluding hydrogens is 336 g/mol. The fraction of sp³-hybridized carbons (Fsp3) is 0.188. The Bertz CT molecular complexity index is 650. The average molecular weight is 351 g/mol. The third-order valence-electron chi connectivity index (χ3n) is 3.13. The average Bonchev–Trinajstić information content (AvgIpc) is 2.47. The molecule has 0 unspecified atom stereocenters. The Kier molecular flexibility index (Phi) is 5.12. The lowest BCUT2D eigenvalue weighted by atomic mass is 9.93. The number of aromatic carboxylic acids is 1. The van der Waals surface area contributed by atoms with Crippen molar-refractivity contribution in [2.45, 2.75) is 13.2 Å². The first-order valence-electron chi connectivity index (χ1n) is 6.31. The van der Waals surface area contributed by atoms with Crippen LogP contribution in [0.2, 0.25) is 0 Å². The minimum absolute atomic E-state index is 0.125. The Morgan fingerprint density at radius 3 is 2.43 bits per heavy atom. The quantitative estimate of drug-likeness (QED) is 0.866. The van der Waals surface area contributed by atoms with Gasteiger partial charge in [0.2, 0.25) is 0 Å². The maximum absolute atomic E-state index is 11.6. The van der Waals surface area contributed by atoms with Crippen molar-refractivity contribution in [2.75, 3.05) is 7.11 Å². The molecule has 110 valence electrons. The van der Waals surface area contributed by atoms with E-state index >= 15 is 0 Å². The van der Waals surface area contributed by atoms with Gasteiger partial charge in [0.1, 0.15) is 0 Å². The number of carboxylic acid groups (broad SMARTS) is 1. The van der Waals surface area contributed by atoms with Crippen LogP contribution in [-0.2, 0) is 18.0 Å². The van der Waals surface area contributed by atoms with E-state index in [1.54, 1.807) is 19.2 Å². The standard InChI is InChI=1S/C16H15BrO4/c1-21-9-10-6-12(8-18)15(16(19)20)14(7-10)11-2-4-13(17)5-3-11/h2-7,18H,8-9H2,1H3,(H,19,20). The van der Waals surface area contributed by atoms with Gasteiger partial charge in [0.05, 0.1) is 18.8 Å². The second-order valence-corrected chi connectivity index (χ2v) is 5.50. The number of carboxylic acids is 1. The van der Waals surface area contributed by atoms with E-state index < -0.39 is 5.97 Å². The molecule has 21 heavy (non-hydrogen) atoms. The normalized spacial score (nSPS) is 10.6. The molecule has 5 heteroatoms. The van der Waals surface area contributed by atoms with Crippen LogP contribution in [0, 0.1) is 0 Å². The van der Waals surface area contributed by atoms with Gasteiger partial charge >= 0.3 is 5.97 Å². The van der Waals surface area contributed by atoms with Crippen molar-refractivity contribution in [1.82, 2.24) is 0 Å². The van der Waals surface area contributed by atoms with Gasteiger partial charge in [0.15, 0.2) is 0 Å². The van der Waals surface area contributed by atoms with Crippen molar-refractivity contribution in [3.8, 4) is 11.1 Å². The van der Waals surface area contributed by atoms with Gasteiger partial charge in [-0.1, -0.05) is 34.1 Å². The van der Waals surface area contributed by atoms with Crippen molar-refractivity contribution < 1.29 is 19.7 Å². The fourth-order valence-electron chi connectivity index (χ4n) is 2.25. The summed E-state index contributed by atoms with van der Waals surface area (Å²) in [4.78, 5) is 11.6. The van der Waals surface area contributed by atoms with Crippen molar-refractivity contribution in [2.24, 2.45) is 0 Å². The number of hydrogen-bond donors (Lipinski definition) is 2. The van der Waals surface area contributed by atoms with E-state index in [-0.39, 0.29) is 12.2 Å². The third-order valence-corrected chi connectivity index (χ3v) is 3.66. The summed E-state index contributed by atoms with van der Waals surface area (Å²) in [5.74, 6) is -1.05. The van der Waals surface area contributed by atoms with Crippen LogP contribution in [0.3, 0.4) is 0 Å². The summed E-state index contributed by atoms with van der Waals surface area (Å²) in [6.45, 7) is 0.0269. The molecule has 2 rings (SSSR count). The lowest BCUT2D eigenvalue weighted by molar-refractivity contribution is 0.0694. The van der Waals surface area contributed by atoms with E-state index in [0.717, 1.165) is 15.6 Å². The van der Waals surface area contributed by atoms with Crippen LogP contribution in [0.25, 0.3) is 11.1 Å². The number of ether oxygens (including phenoxy) is 1. The van der Waals surface area contributed by atoms with Gasteiger partial charge in [-0.25, -0.2) is 4.79 Å². The topological polar surface area (TPSA) is 66.8 Å². The molecule has 2 aromatic rings. The molecule has 0 fully saturated rings. The zero-order chi connectivity index (χ0) is 15.4. The van der Waals surface area contributed by atoms with Crippen molar-refractivity contribution in [3.05, 3.63) is 57.6 Å². The van der Waals surface area contributed by atoms with Gasteiger partial charge in [-0.2, -0.15) is 0 Å². The molecule has 0 amide bonds. The van der Waals surface area contributed by atoms with E-state index in [2.05, 4.69) is 15.9 Å². The molecule has 0 aliphatic rings. The molecule has 0 aliphatic heterocycles. The molecule has 2 N–H and O–H groups in total. The highest BCUT2D eigenvalue weighted by molar-refractivity contribution is 9.10. The zero-order valence-electron chi connectivity index (χ0n) is 11.5. The Balaban J connectivity index is 2.67. The van der Waals surface area contributed by atoms with Crippen molar-refractivity contribution in [3.63, 3.8) is 0 Å². The Hall–Kier alpha value is -1.69. The van der Waals surface area contributed by atoms with Crippen LogP contribution >= 0.6 is 15.9 Å². The third kappa shape index (κ3) is 3.50. The fourth-order valence-corrected chi connectivity index (χ4v) is 2.52. The van der Waals surface area contributed by atoms with Crippen LogP contribution in [0.15, 0.2) is 40.9 Å². The molecule has 0 saturated heterocycles. The van der Waals surface area contributed by atoms with E-state index in [1.165, 1.54) is 0 Å². The molecule has 0 heterocycles. The Morgan fingerprint density at radius 2 is 1.90 bits per heavy atom. The lowest BCUT2D eigenvalue weighted by Gasteiger charge is -2.13. The predicted molar refractivity (Wildman–Crippen MR) is 83.2 cm³/mol.